The number of nitrogens with zero attached hydrogens (tertiary/aromatic N) is 5. The van der Waals surface area contributed by atoms with Gasteiger partial charge in [-0.3, -0.25) is 9.78 Å². The minimum Gasteiger partial charge on any atom is -0.355 e. The number of rotatable bonds is 4. The summed E-state index contributed by atoms with van der Waals surface area (Å²) >= 11 is 0. The number of amides is 1. The number of fused-ring (bicyclic) bond motifs is 2. The number of carbonyl (C=O) groups excluding carboxylic acids is 1. The third kappa shape index (κ3) is 3.26. The maximum absolute atomic E-state index is 11.8. The Kier molecular flexibility index (Phi) is 4.40. The van der Waals surface area contributed by atoms with Crippen LogP contribution in [-0.2, 0) is 6.42 Å². The SMILES string of the molecule is CNC(=O)c1ccc(-c2ccc3nnc(Cc4ccc5ncccc5c4)n3n2)cc1. The van der Waals surface area contributed by atoms with Crippen LogP contribution in [0.5, 0.6) is 0 Å². The van der Waals surface area contributed by atoms with Gasteiger partial charge >= 0.3 is 0 Å². The van der Waals surface area contributed by atoms with Crippen molar-refractivity contribution in [3.63, 3.8) is 0 Å². The summed E-state index contributed by atoms with van der Waals surface area (Å²) in [6, 6.07) is 21.3. The van der Waals surface area contributed by atoms with Crippen molar-refractivity contribution in [1.29, 1.82) is 0 Å². The molecule has 7 nitrogen and oxygen atoms in total. The van der Waals surface area contributed by atoms with Gasteiger partial charge in [-0.25, -0.2) is 0 Å². The van der Waals surface area contributed by atoms with Crippen LogP contribution in [0, 0.1) is 0 Å². The zero-order valence-corrected chi connectivity index (χ0v) is 16.3. The summed E-state index contributed by atoms with van der Waals surface area (Å²) in [5.41, 5.74) is 5.09. The van der Waals surface area contributed by atoms with E-state index in [9.17, 15) is 4.79 Å². The highest BCUT2D eigenvalue weighted by Gasteiger charge is 2.11. The fraction of sp³-hybridized carbons (Fsp3) is 0.0870. The van der Waals surface area contributed by atoms with E-state index in [1.54, 1.807) is 29.9 Å². The Morgan fingerprint density at radius 2 is 1.87 bits per heavy atom. The fourth-order valence-electron chi connectivity index (χ4n) is 3.45. The number of nitrogens with one attached hydrogen (secondary N) is 1. The summed E-state index contributed by atoms with van der Waals surface area (Å²) < 4.78 is 1.77. The van der Waals surface area contributed by atoms with Gasteiger partial charge in [0.15, 0.2) is 11.5 Å². The molecule has 0 aliphatic heterocycles. The molecule has 0 aliphatic rings. The first-order chi connectivity index (χ1) is 14.7. The van der Waals surface area contributed by atoms with Crippen molar-refractivity contribution in [2.45, 2.75) is 6.42 Å². The maximum atomic E-state index is 11.8. The zero-order chi connectivity index (χ0) is 20.5. The summed E-state index contributed by atoms with van der Waals surface area (Å²) in [6.07, 6.45) is 2.40. The van der Waals surface area contributed by atoms with Crippen LogP contribution < -0.4 is 5.32 Å². The van der Waals surface area contributed by atoms with Crippen LogP contribution >= 0.6 is 0 Å². The lowest BCUT2D eigenvalue weighted by molar-refractivity contribution is 0.0963. The molecule has 0 fully saturated rings. The van der Waals surface area contributed by atoms with Gasteiger partial charge in [-0.1, -0.05) is 24.3 Å². The summed E-state index contributed by atoms with van der Waals surface area (Å²) in [4.78, 5) is 16.1. The van der Waals surface area contributed by atoms with Gasteiger partial charge in [-0.05, 0) is 48.0 Å². The third-order valence-electron chi connectivity index (χ3n) is 5.03. The Hall–Kier alpha value is -4.13. The summed E-state index contributed by atoms with van der Waals surface area (Å²) in [6.45, 7) is 0. The van der Waals surface area contributed by atoms with Gasteiger partial charge in [-0.2, -0.15) is 9.61 Å². The highest BCUT2D eigenvalue weighted by molar-refractivity contribution is 5.94. The summed E-state index contributed by atoms with van der Waals surface area (Å²) in [7, 11) is 1.62. The first-order valence-electron chi connectivity index (χ1n) is 9.59. The van der Waals surface area contributed by atoms with E-state index in [2.05, 4.69) is 32.6 Å². The van der Waals surface area contributed by atoms with Crippen molar-refractivity contribution >= 4 is 22.5 Å². The van der Waals surface area contributed by atoms with Gasteiger partial charge in [0.25, 0.3) is 5.91 Å². The van der Waals surface area contributed by atoms with Crippen LogP contribution in [0.15, 0.2) is 72.9 Å². The predicted octanol–water partition coefficient (Wildman–Crippen LogP) is 3.29. The molecule has 0 saturated heterocycles. The topological polar surface area (TPSA) is 85.1 Å². The monoisotopic (exact) mass is 394 g/mol. The van der Waals surface area contributed by atoms with Crippen molar-refractivity contribution < 1.29 is 4.79 Å². The van der Waals surface area contributed by atoms with Crippen LogP contribution in [0.25, 0.3) is 27.8 Å². The second-order valence-corrected chi connectivity index (χ2v) is 6.97. The molecule has 0 atom stereocenters. The average Bonchev–Trinajstić information content (AvgIpc) is 3.20. The van der Waals surface area contributed by atoms with Crippen molar-refractivity contribution in [2.24, 2.45) is 0 Å². The quantitative estimate of drug-likeness (QED) is 0.506. The molecule has 0 bridgehead atoms. The van der Waals surface area contributed by atoms with Gasteiger partial charge in [0.05, 0.1) is 11.2 Å². The first-order valence-corrected chi connectivity index (χ1v) is 9.59. The van der Waals surface area contributed by atoms with Crippen LogP contribution in [0.2, 0.25) is 0 Å². The van der Waals surface area contributed by atoms with E-state index < -0.39 is 0 Å². The molecule has 2 aromatic carbocycles. The average molecular weight is 394 g/mol. The molecule has 0 saturated carbocycles. The van der Waals surface area contributed by atoms with Gasteiger partial charge in [0.2, 0.25) is 0 Å². The van der Waals surface area contributed by atoms with Gasteiger partial charge in [0.1, 0.15) is 0 Å². The van der Waals surface area contributed by atoms with Crippen molar-refractivity contribution in [2.75, 3.05) is 7.05 Å². The maximum Gasteiger partial charge on any atom is 0.251 e. The number of hydrogen-bond donors (Lipinski definition) is 1. The second-order valence-electron chi connectivity index (χ2n) is 6.97. The molecule has 146 valence electrons. The van der Waals surface area contributed by atoms with E-state index >= 15 is 0 Å². The van der Waals surface area contributed by atoms with Crippen LogP contribution in [0.3, 0.4) is 0 Å². The fourth-order valence-corrected chi connectivity index (χ4v) is 3.45. The standard InChI is InChI=1S/C23H18N6O/c1-24-23(30)17-7-5-16(6-8-17)20-10-11-21-26-27-22(29(21)28-20)14-15-4-9-19-18(13-15)3-2-12-25-19/h2-13H,14H2,1H3,(H,24,30). The Morgan fingerprint density at radius 3 is 2.70 bits per heavy atom. The molecular weight excluding hydrogens is 376 g/mol. The Balaban J connectivity index is 1.48. The molecule has 3 aromatic heterocycles. The third-order valence-corrected chi connectivity index (χ3v) is 5.03. The largest absolute Gasteiger partial charge is 0.355 e. The molecular formula is C23H18N6O. The molecule has 0 radical (unpaired) electrons. The normalized spacial score (nSPS) is 11.1. The lowest BCUT2D eigenvalue weighted by Gasteiger charge is -2.05. The molecule has 1 N–H and O–H groups in total. The van der Waals surface area contributed by atoms with Gasteiger partial charge in [-0.15, -0.1) is 10.2 Å². The minimum atomic E-state index is -0.114. The first kappa shape index (κ1) is 17.9. The molecule has 0 unspecified atom stereocenters. The highest BCUT2D eigenvalue weighted by atomic mass is 16.1. The van der Waals surface area contributed by atoms with Gasteiger partial charge < -0.3 is 5.32 Å². The summed E-state index contributed by atoms with van der Waals surface area (Å²) in [5.74, 6) is 0.647. The van der Waals surface area contributed by atoms with Gasteiger partial charge in [0, 0.05) is 36.2 Å². The summed E-state index contributed by atoms with van der Waals surface area (Å²) in [5, 5.41) is 17.0. The Bertz CT molecular complexity index is 1370. The van der Waals surface area contributed by atoms with Crippen molar-refractivity contribution in [1.82, 2.24) is 30.1 Å². The predicted molar refractivity (Wildman–Crippen MR) is 114 cm³/mol. The number of carbonyl (C=O) groups is 1. The van der Waals surface area contributed by atoms with E-state index in [0.717, 1.165) is 33.5 Å². The number of hydrogen-bond acceptors (Lipinski definition) is 5. The smallest absolute Gasteiger partial charge is 0.251 e. The lowest BCUT2D eigenvalue weighted by Crippen LogP contribution is -2.17. The molecule has 0 aliphatic carbocycles. The highest BCUT2D eigenvalue weighted by Crippen LogP contribution is 2.20. The van der Waals surface area contributed by atoms with E-state index in [1.807, 2.05) is 42.5 Å². The van der Waals surface area contributed by atoms with E-state index in [1.165, 1.54) is 0 Å². The van der Waals surface area contributed by atoms with Crippen molar-refractivity contribution in [3.05, 3.63) is 89.9 Å². The van der Waals surface area contributed by atoms with Crippen LogP contribution in [-0.4, -0.2) is 37.8 Å². The lowest BCUT2D eigenvalue weighted by atomic mass is 10.1. The van der Waals surface area contributed by atoms with Crippen LogP contribution in [0.1, 0.15) is 21.7 Å². The molecule has 5 aromatic rings. The molecule has 1 amide bonds. The van der Waals surface area contributed by atoms with Crippen LogP contribution in [0.4, 0.5) is 0 Å². The number of pyridine rings is 1. The zero-order valence-electron chi connectivity index (χ0n) is 16.3. The van der Waals surface area contributed by atoms with E-state index in [-0.39, 0.29) is 5.91 Å². The second kappa shape index (κ2) is 7.36. The molecule has 3 heterocycles. The minimum absolute atomic E-state index is 0.114. The Morgan fingerprint density at radius 1 is 1.00 bits per heavy atom. The molecule has 30 heavy (non-hydrogen) atoms. The van der Waals surface area contributed by atoms with E-state index in [0.29, 0.717) is 17.6 Å². The molecule has 5 rings (SSSR count). The van der Waals surface area contributed by atoms with E-state index in [4.69, 9.17) is 5.10 Å². The molecule has 7 heteroatoms. The number of benzene rings is 2. The molecule has 0 spiro atoms. The Labute approximate surface area is 172 Å². The number of aromatic nitrogens is 5. The van der Waals surface area contributed by atoms with Crippen molar-refractivity contribution in [3.8, 4) is 11.3 Å².